The third-order valence-electron chi connectivity index (χ3n) is 6.32. The number of fused-ring (bicyclic) bond motifs is 1. The maximum atomic E-state index is 13.7. The molecule has 1 heterocycles. The Labute approximate surface area is 187 Å². The number of carbonyl (C=O) groups is 2. The van der Waals surface area contributed by atoms with Crippen LogP contribution >= 0.6 is 11.6 Å². The number of imide groups is 1. The number of aryl methyl sites for hydroxylation is 1. The monoisotopic (exact) mass is 442 g/mol. The van der Waals surface area contributed by atoms with Gasteiger partial charge in [-0.05, 0) is 43.5 Å². The second-order valence-corrected chi connectivity index (χ2v) is 8.68. The highest BCUT2D eigenvalue weighted by Gasteiger charge is 2.52. The molecule has 2 aromatic rings. The molecule has 2 aliphatic rings. The van der Waals surface area contributed by atoms with Gasteiger partial charge in [0, 0.05) is 31.8 Å². The second-order valence-electron chi connectivity index (χ2n) is 8.25. The Morgan fingerprint density at radius 2 is 1.71 bits per heavy atom. The van der Waals surface area contributed by atoms with Crippen LogP contribution in [0.1, 0.15) is 24.0 Å². The van der Waals surface area contributed by atoms with E-state index < -0.39 is 0 Å². The Balaban J connectivity index is 1.74. The summed E-state index contributed by atoms with van der Waals surface area (Å²) >= 11 is 6.16. The molecule has 7 heteroatoms. The van der Waals surface area contributed by atoms with Crippen molar-refractivity contribution >= 4 is 29.2 Å². The molecule has 1 saturated heterocycles. The lowest BCUT2D eigenvalue weighted by atomic mass is 9.77. The van der Waals surface area contributed by atoms with Crippen molar-refractivity contribution in [3.8, 4) is 0 Å². The molecule has 0 aromatic heterocycles. The van der Waals surface area contributed by atoms with Gasteiger partial charge in [0.15, 0.2) is 0 Å². The van der Waals surface area contributed by atoms with Crippen molar-refractivity contribution in [1.82, 2.24) is 4.90 Å². The number of amides is 3. The van der Waals surface area contributed by atoms with E-state index in [1.165, 1.54) is 4.90 Å². The van der Waals surface area contributed by atoms with Gasteiger partial charge in [0.2, 0.25) is 5.91 Å². The Bertz CT molecular complexity index is 982. The van der Waals surface area contributed by atoms with Crippen LogP contribution in [-0.4, -0.2) is 49.3 Å². The van der Waals surface area contributed by atoms with Crippen LogP contribution in [0.3, 0.4) is 0 Å². The van der Waals surface area contributed by atoms with Crippen LogP contribution in [0.15, 0.2) is 48.5 Å². The topological polar surface area (TPSA) is 59.1 Å². The summed E-state index contributed by atoms with van der Waals surface area (Å²) < 4.78 is 11.3. The zero-order valence-electron chi connectivity index (χ0n) is 18.0. The van der Waals surface area contributed by atoms with Gasteiger partial charge in [-0.3, -0.25) is 4.79 Å². The molecule has 2 fully saturated rings. The highest BCUT2D eigenvalue weighted by Crippen LogP contribution is 2.39. The minimum atomic E-state index is -0.377. The van der Waals surface area contributed by atoms with E-state index >= 15 is 0 Å². The zero-order valence-corrected chi connectivity index (χ0v) is 18.7. The van der Waals surface area contributed by atoms with E-state index in [1.807, 2.05) is 25.1 Å². The van der Waals surface area contributed by atoms with Gasteiger partial charge in [-0.15, -0.1) is 0 Å². The number of benzene rings is 2. The summed E-state index contributed by atoms with van der Waals surface area (Å²) in [5.41, 5.74) is 2.63. The predicted molar refractivity (Wildman–Crippen MR) is 119 cm³/mol. The number of methoxy groups -OCH3 is 2. The first kappa shape index (κ1) is 21.8. The van der Waals surface area contributed by atoms with Crippen molar-refractivity contribution < 1.29 is 19.1 Å². The van der Waals surface area contributed by atoms with Gasteiger partial charge in [-0.2, -0.15) is 0 Å². The maximum absolute atomic E-state index is 13.7. The van der Waals surface area contributed by atoms with E-state index in [1.54, 1.807) is 43.4 Å². The molecular weight excluding hydrogens is 416 g/mol. The lowest BCUT2D eigenvalue weighted by Gasteiger charge is -2.49. The van der Waals surface area contributed by atoms with Crippen LogP contribution in [0.25, 0.3) is 0 Å². The fraction of sp³-hybridized carbons (Fsp3) is 0.417. The summed E-state index contributed by atoms with van der Waals surface area (Å²) in [4.78, 5) is 30.3. The fourth-order valence-corrected chi connectivity index (χ4v) is 4.98. The Morgan fingerprint density at radius 1 is 1.00 bits per heavy atom. The van der Waals surface area contributed by atoms with Crippen LogP contribution in [0.2, 0.25) is 5.02 Å². The molecule has 2 aromatic carbocycles. The lowest BCUT2D eigenvalue weighted by Crippen LogP contribution is -2.65. The first-order chi connectivity index (χ1) is 14.9. The van der Waals surface area contributed by atoms with Gasteiger partial charge in [0.05, 0.1) is 23.8 Å². The van der Waals surface area contributed by atoms with E-state index in [0.29, 0.717) is 30.1 Å². The maximum Gasteiger partial charge on any atom is 0.331 e. The van der Waals surface area contributed by atoms with Gasteiger partial charge in [0.25, 0.3) is 0 Å². The van der Waals surface area contributed by atoms with Crippen LogP contribution < -0.4 is 4.90 Å². The van der Waals surface area contributed by atoms with Crippen molar-refractivity contribution in [3.05, 3.63) is 64.7 Å². The van der Waals surface area contributed by atoms with Crippen LogP contribution in [0, 0.1) is 12.8 Å². The average molecular weight is 443 g/mol. The van der Waals surface area contributed by atoms with Crippen molar-refractivity contribution in [3.63, 3.8) is 0 Å². The quantitative estimate of drug-likeness (QED) is 0.687. The predicted octanol–water partition coefficient (Wildman–Crippen LogP) is 4.43. The summed E-state index contributed by atoms with van der Waals surface area (Å²) in [7, 11) is 3.28. The van der Waals surface area contributed by atoms with E-state index in [9.17, 15) is 9.59 Å². The number of ether oxygens (including phenoxy) is 2. The van der Waals surface area contributed by atoms with E-state index in [-0.39, 0.29) is 36.1 Å². The number of hydrogen-bond acceptors (Lipinski definition) is 4. The first-order valence-corrected chi connectivity index (χ1v) is 10.8. The standard InChI is InChI=1S/C24H27ClN2O4/c1-15-6-4-7-16(10-15)14-26-20-13-22(31-3)21(30-2)12-19(20)23(28)27(24(26)29)18-9-5-8-17(25)11-18/h4-11,19-22H,12-14H2,1-3H3. The summed E-state index contributed by atoms with van der Waals surface area (Å²) in [6, 6.07) is 14.3. The highest BCUT2D eigenvalue weighted by atomic mass is 35.5. The molecule has 4 rings (SSSR count). The van der Waals surface area contributed by atoms with Crippen LogP contribution in [0.5, 0.6) is 0 Å². The van der Waals surface area contributed by atoms with E-state index in [4.69, 9.17) is 21.1 Å². The van der Waals surface area contributed by atoms with E-state index in [0.717, 1.165) is 11.1 Å². The van der Waals surface area contributed by atoms with Crippen LogP contribution in [0.4, 0.5) is 10.5 Å². The molecule has 4 atom stereocenters. The van der Waals surface area contributed by atoms with Gasteiger partial charge in [0.1, 0.15) is 0 Å². The third kappa shape index (κ3) is 4.20. The Kier molecular flexibility index (Phi) is 6.32. The molecule has 31 heavy (non-hydrogen) atoms. The van der Waals surface area contributed by atoms with Gasteiger partial charge in [-0.1, -0.05) is 47.5 Å². The largest absolute Gasteiger partial charge is 0.379 e. The van der Waals surface area contributed by atoms with Crippen molar-refractivity contribution in [2.75, 3.05) is 19.1 Å². The number of hydrogen-bond donors (Lipinski definition) is 0. The molecule has 164 valence electrons. The van der Waals surface area contributed by atoms with Gasteiger partial charge < -0.3 is 14.4 Å². The molecule has 1 saturated carbocycles. The van der Waals surface area contributed by atoms with Crippen molar-refractivity contribution in [2.24, 2.45) is 5.92 Å². The highest BCUT2D eigenvalue weighted by molar-refractivity contribution is 6.31. The molecule has 3 amide bonds. The minimum absolute atomic E-state index is 0.176. The number of rotatable bonds is 5. The Morgan fingerprint density at radius 3 is 2.39 bits per heavy atom. The molecule has 0 bridgehead atoms. The number of urea groups is 1. The van der Waals surface area contributed by atoms with Gasteiger partial charge in [-0.25, -0.2) is 9.69 Å². The molecule has 1 aliphatic heterocycles. The second kappa shape index (κ2) is 8.99. The number of nitrogens with zero attached hydrogens (tertiary/aromatic N) is 2. The summed E-state index contributed by atoms with van der Waals surface area (Å²) in [6.07, 6.45) is 0.662. The smallest absolute Gasteiger partial charge is 0.331 e. The summed E-state index contributed by atoms with van der Waals surface area (Å²) in [5.74, 6) is -0.591. The number of carbonyl (C=O) groups excluding carboxylic acids is 2. The SMILES string of the molecule is COC1CC2C(=O)N(c3cccc(Cl)c3)C(=O)N(Cc3cccc(C)c3)C2CC1OC. The van der Waals surface area contributed by atoms with Crippen molar-refractivity contribution in [2.45, 2.75) is 44.6 Å². The van der Waals surface area contributed by atoms with Gasteiger partial charge >= 0.3 is 6.03 Å². The zero-order chi connectivity index (χ0) is 22.1. The molecule has 1 aliphatic carbocycles. The summed E-state index contributed by atoms with van der Waals surface area (Å²) in [6.45, 7) is 2.44. The lowest BCUT2D eigenvalue weighted by molar-refractivity contribution is -0.137. The Hall–Kier alpha value is -2.41. The minimum Gasteiger partial charge on any atom is -0.379 e. The average Bonchev–Trinajstić information content (AvgIpc) is 2.76. The fourth-order valence-electron chi connectivity index (χ4n) is 4.79. The number of anilines is 1. The van der Waals surface area contributed by atoms with Crippen molar-refractivity contribution in [1.29, 1.82) is 0 Å². The van der Waals surface area contributed by atoms with E-state index in [2.05, 4.69) is 6.07 Å². The molecule has 4 unspecified atom stereocenters. The third-order valence-corrected chi connectivity index (χ3v) is 6.56. The first-order valence-electron chi connectivity index (χ1n) is 10.4. The molecular formula is C24H27ClN2O4. The molecule has 0 spiro atoms. The summed E-state index contributed by atoms with van der Waals surface area (Å²) in [5, 5.41) is 0.475. The number of halogens is 1. The molecule has 0 N–H and O–H groups in total. The molecule has 6 nitrogen and oxygen atoms in total. The normalized spacial score (nSPS) is 26.2. The van der Waals surface area contributed by atoms with Crippen LogP contribution in [-0.2, 0) is 20.8 Å². The molecule has 0 radical (unpaired) electrons.